The number of hydrogen-bond donors (Lipinski definition) is 0. The molecule has 1 heterocycles. The largest absolute Gasteiger partial charge is 0.385 e. The SMILES string of the molecule is COCCCSc1nccn1-c1ccccc1C(C)C. The summed E-state index contributed by atoms with van der Waals surface area (Å²) >= 11 is 1.78. The van der Waals surface area contributed by atoms with Gasteiger partial charge in [-0.1, -0.05) is 43.8 Å². The van der Waals surface area contributed by atoms with E-state index in [1.54, 1.807) is 18.9 Å². The minimum absolute atomic E-state index is 0.500. The van der Waals surface area contributed by atoms with Crippen molar-refractivity contribution in [2.24, 2.45) is 0 Å². The zero-order valence-electron chi connectivity index (χ0n) is 12.4. The molecule has 1 aromatic carbocycles. The van der Waals surface area contributed by atoms with E-state index in [4.69, 9.17) is 4.74 Å². The molecule has 4 heteroatoms. The highest BCUT2D eigenvalue weighted by Gasteiger charge is 2.11. The summed E-state index contributed by atoms with van der Waals surface area (Å²) in [7, 11) is 1.74. The van der Waals surface area contributed by atoms with Crippen molar-refractivity contribution in [3.8, 4) is 5.69 Å². The van der Waals surface area contributed by atoms with E-state index >= 15 is 0 Å². The van der Waals surface area contributed by atoms with Crippen LogP contribution in [-0.2, 0) is 4.74 Å². The number of thioether (sulfide) groups is 1. The number of benzene rings is 1. The van der Waals surface area contributed by atoms with Crippen LogP contribution in [0, 0.1) is 0 Å². The molecule has 20 heavy (non-hydrogen) atoms. The van der Waals surface area contributed by atoms with Crippen LogP contribution >= 0.6 is 11.8 Å². The van der Waals surface area contributed by atoms with Crippen molar-refractivity contribution < 1.29 is 4.74 Å². The van der Waals surface area contributed by atoms with Gasteiger partial charge in [0.05, 0.1) is 5.69 Å². The Hall–Kier alpha value is -1.26. The summed E-state index contributed by atoms with van der Waals surface area (Å²) in [5.74, 6) is 1.52. The first-order chi connectivity index (χ1) is 9.74. The first-order valence-corrected chi connectivity index (χ1v) is 7.97. The lowest BCUT2D eigenvalue weighted by Gasteiger charge is -2.15. The molecule has 0 N–H and O–H groups in total. The quantitative estimate of drug-likeness (QED) is 0.567. The fraction of sp³-hybridized carbons (Fsp3) is 0.438. The van der Waals surface area contributed by atoms with Gasteiger partial charge in [-0.05, 0) is 24.0 Å². The van der Waals surface area contributed by atoms with Crippen molar-refractivity contribution in [3.63, 3.8) is 0 Å². The van der Waals surface area contributed by atoms with E-state index in [0.29, 0.717) is 5.92 Å². The molecule has 2 aromatic rings. The maximum atomic E-state index is 5.09. The van der Waals surface area contributed by atoms with Gasteiger partial charge in [0.25, 0.3) is 0 Å². The zero-order valence-corrected chi connectivity index (χ0v) is 13.2. The van der Waals surface area contributed by atoms with Crippen LogP contribution in [0.25, 0.3) is 5.69 Å². The second kappa shape index (κ2) is 7.50. The van der Waals surface area contributed by atoms with Gasteiger partial charge in [-0.15, -0.1) is 0 Å². The number of aromatic nitrogens is 2. The third-order valence-electron chi connectivity index (χ3n) is 3.15. The minimum atomic E-state index is 0.500. The van der Waals surface area contributed by atoms with Gasteiger partial charge >= 0.3 is 0 Å². The van der Waals surface area contributed by atoms with Gasteiger partial charge in [-0.3, -0.25) is 4.57 Å². The average Bonchev–Trinajstić information content (AvgIpc) is 2.92. The molecule has 0 saturated carbocycles. The van der Waals surface area contributed by atoms with Crippen LogP contribution in [0.15, 0.2) is 41.8 Å². The van der Waals surface area contributed by atoms with Crippen molar-refractivity contribution in [3.05, 3.63) is 42.2 Å². The Bertz CT molecular complexity index is 537. The van der Waals surface area contributed by atoms with E-state index in [2.05, 4.69) is 47.7 Å². The van der Waals surface area contributed by atoms with Crippen molar-refractivity contribution in [1.29, 1.82) is 0 Å². The molecule has 0 saturated heterocycles. The highest BCUT2D eigenvalue weighted by Crippen LogP contribution is 2.27. The standard InChI is InChI=1S/C16H22N2OS/c1-13(2)14-7-4-5-8-15(14)18-10-9-17-16(18)20-12-6-11-19-3/h4-5,7-10,13H,6,11-12H2,1-3H3. The Balaban J connectivity index is 2.19. The lowest BCUT2D eigenvalue weighted by atomic mass is 10.0. The van der Waals surface area contributed by atoms with E-state index in [0.717, 1.165) is 23.9 Å². The first kappa shape index (κ1) is 15.1. The second-order valence-electron chi connectivity index (χ2n) is 4.99. The molecule has 3 nitrogen and oxygen atoms in total. The molecular weight excluding hydrogens is 268 g/mol. The second-order valence-corrected chi connectivity index (χ2v) is 6.05. The topological polar surface area (TPSA) is 27.1 Å². The number of para-hydroxylation sites is 1. The highest BCUT2D eigenvalue weighted by molar-refractivity contribution is 7.99. The fourth-order valence-electron chi connectivity index (χ4n) is 2.14. The van der Waals surface area contributed by atoms with Crippen molar-refractivity contribution in [1.82, 2.24) is 9.55 Å². The van der Waals surface area contributed by atoms with Crippen LogP contribution in [0.4, 0.5) is 0 Å². The summed E-state index contributed by atoms with van der Waals surface area (Å²) in [6.07, 6.45) is 4.95. The number of nitrogens with zero attached hydrogens (tertiary/aromatic N) is 2. The molecule has 0 atom stereocenters. The molecule has 0 fully saturated rings. The van der Waals surface area contributed by atoms with E-state index in [-0.39, 0.29) is 0 Å². The third-order valence-corrected chi connectivity index (χ3v) is 4.20. The van der Waals surface area contributed by atoms with Gasteiger partial charge in [0.1, 0.15) is 0 Å². The predicted molar refractivity (Wildman–Crippen MR) is 84.9 cm³/mol. The number of ether oxygens (including phenoxy) is 1. The number of imidazole rings is 1. The van der Waals surface area contributed by atoms with Crippen LogP contribution in [0.5, 0.6) is 0 Å². The summed E-state index contributed by atoms with van der Waals surface area (Å²) in [5.41, 5.74) is 2.58. The Kier molecular flexibility index (Phi) is 5.68. The van der Waals surface area contributed by atoms with Crippen molar-refractivity contribution in [2.45, 2.75) is 31.3 Å². The zero-order chi connectivity index (χ0) is 14.4. The van der Waals surface area contributed by atoms with E-state index in [1.165, 1.54) is 11.3 Å². The monoisotopic (exact) mass is 290 g/mol. The molecule has 0 aliphatic carbocycles. The van der Waals surface area contributed by atoms with Crippen LogP contribution in [0.1, 0.15) is 31.7 Å². The molecule has 0 spiro atoms. The molecule has 0 radical (unpaired) electrons. The normalized spacial score (nSPS) is 11.2. The Morgan fingerprint density at radius 3 is 2.85 bits per heavy atom. The summed E-state index contributed by atoms with van der Waals surface area (Å²) in [4.78, 5) is 4.48. The molecule has 108 valence electrons. The smallest absolute Gasteiger partial charge is 0.172 e. The fourth-order valence-corrected chi connectivity index (χ4v) is 3.02. The Labute approximate surface area is 125 Å². The minimum Gasteiger partial charge on any atom is -0.385 e. The van der Waals surface area contributed by atoms with Gasteiger partial charge in [0.15, 0.2) is 5.16 Å². The summed E-state index contributed by atoms with van der Waals surface area (Å²) in [5, 5.41) is 1.05. The van der Waals surface area contributed by atoms with E-state index in [1.807, 2.05) is 12.4 Å². The van der Waals surface area contributed by atoms with Crippen LogP contribution in [-0.4, -0.2) is 29.0 Å². The Morgan fingerprint density at radius 2 is 2.10 bits per heavy atom. The van der Waals surface area contributed by atoms with Gasteiger partial charge in [0.2, 0.25) is 0 Å². The van der Waals surface area contributed by atoms with Crippen LogP contribution in [0.3, 0.4) is 0 Å². The molecule has 2 rings (SSSR count). The summed E-state index contributed by atoms with van der Waals surface area (Å²) in [6.45, 7) is 5.25. The highest BCUT2D eigenvalue weighted by atomic mass is 32.2. The van der Waals surface area contributed by atoms with Gasteiger partial charge in [0, 0.05) is 31.9 Å². The third kappa shape index (κ3) is 3.64. The summed E-state index contributed by atoms with van der Waals surface area (Å²) < 4.78 is 7.27. The van der Waals surface area contributed by atoms with E-state index in [9.17, 15) is 0 Å². The molecular formula is C16H22N2OS. The lowest BCUT2D eigenvalue weighted by Crippen LogP contribution is -2.02. The van der Waals surface area contributed by atoms with Crippen molar-refractivity contribution >= 4 is 11.8 Å². The lowest BCUT2D eigenvalue weighted by molar-refractivity contribution is 0.200. The first-order valence-electron chi connectivity index (χ1n) is 6.98. The van der Waals surface area contributed by atoms with Crippen LogP contribution < -0.4 is 0 Å². The Morgan fingerprint density at radius 1 is 1.30 bits per heavy atom. The number of rotatable bonds is 7. The molecule has 0 bridgehead atoms. The van der Waals surface area contributed by atoms with Crippen LogP contribution in [0.2, 0.25) is 0 Å². The summed E-state index contributed by atoms with van der Waals surface area (Å²) in [6, 6.07) is 8.54. The molecule has 0 amide bonds. The van der Waals surface area contributed by atoms with Gasteiger partial charge < -0.3 is 4.74 Å². The number of hydrogen-bond acceptors (Lipinski definition) is 3. The molecule has 1 aromatic heterocycles. The van der Waals surface area contributed by atoms with Crippen molar-refractivity contribution in [2.75, 3.05) is 19.5 Å². The van der Waals surface area contributed by atoms with E-state index < -0.39 is 0 Å². The van der Waals surface area contributed by atoms with Gasteiger partial charge in [-0.25, -0.2) is 4.98 Å². The molecule has 0 aliphatic heterocycles. The number of methoxy groups -OCH3 is 1. The predicted octanol–water partition coefficient (Wildman–Crippen LogP) is 4.12. The molecule has 0 unspecified atom stereocenters. The van der Waals surface area contributed by atoms with Gasteiger partial charge in [-0.2, -0.15) is 0 Å². The molecule has 0 aliphatic rings. The maximum Gasteiger partial charge on any atom is 0.172 e. The average molecular weight is 290 g/mol. The maximum absolute atomic E-state index is 5.09.